The highest BCUT2D eigenvalue weighted by Crippen LogP contribution is 2.24. The van der Waals surface area contributed by atoms with Crippen LogP contribution in [-0.4, -0.2) is 23.9 Å². The first kappa shape index (κ1) is 13.0. The highest BCUT2D eigenvalue weighted by atomic mass is 16.2. The van der Waals surface area contributed by atoms with Crippen LogP contribution in [0.3, 0.4) is 0 Å². The van der Waals surface area contributed by atoms with Gasteiger partial charge in [0.05, 0.1) is 6.07 Å². The van der Waals surface area contributed by atoms with Gasteiger partial charge >= 0.3 is 0 Å². The number of hydrogen-bond donors (Lipinski definition) is 0. The van der Waals surface area contributed by atoms with Gasteiger partial charge < -0.3 is 4.90 Å². The zero-order valence-electron chi connectivity index (χ0n) is 10.6. The van der Waals surface area contributed by atoms with E-state index in [1.165, 1.54) is 0 Å². The minimum atomic E-state index is -0.425. The predicted octanol–water partition coefficient (Wildman–Crippen LogP) is 2.43. The molecule has 1 heterocycles. The van der Waals surface area contributed by atoms with Gasteiger partial charge in [0, 0.05) is 13.1 Å². The number of nitrogens with zero attached hydrogens (tertiary/aromatic N) is 2. The number of nitriles is 1. The number of carbonyl (C=O) groups is 1. The van der Waals surface area contributed by atoms with Crippen molar-refractivity contribution in [3.63, 3.8) is 0 Å². The molecule has 0 bridgehead atoms. The molecule has 3 unspecified atom stereocenters. The molecule has 1 aliphatic heterocycles. The van der Waals surface area contributed by atoms with Gasteiger partial charge in [-0.25, -0.2) is 0 Å². The minimum Gasteiger partial charge on any atom is -0.341 e. The molecule has 0 spiro atoms. The van der Waals surface area contributed by atoms with Gasteiger partial charge in [0.2, 0.25) is 5.91 Å². The van der Waals surface area contributed by atoms with Crippen molar-refractivity contribution < 1.29 is 4.79 Å². The van der Waals surface area contributed by atoms with Crippen LogP contribution in [0.4, 0.5) is 0 Å². The highest BCUT2D eigenvalue weighted by molar-refractivity contribution is 5.81. The molecule has 0 aliphatic carbocycles. The summed E-state index contributed by atoms with van der Waals surface area (Å²) in [6, 6.07) is 2.13. The maximum Gasteiger partial charge on any atom is 0.239 e. The van der Waals surface area contributed by atoms with E-state index >= 15 is 0 Å². The van der Waals surface area contributed by atoms with Gasteiger partial charge in [0.25, 0.3) is 0 Å². The lowest BCUT2D eigenvalue weighted by Gasteiger charge is -2.36. The molecule has 1 fully saturated rings. The average Bonchev–Trinajstić information content (AvgIpc) is 2.28. The first-order valence-electron chi connectivity index (χ1n) is 6.28. The van der Waals surface area contributed by atoms with Crippen molar-refractivity contribution in [3.05, 3.63) is 0 Å². The molecule has 0 N–H and O–H groups in total. The molecule has 90 valence electrons. The zero-order chi connectivity index (χ0) is 12.1. The van der Waals surface area contributed by atoms with Gasteiger partial charge in [-0.05, 0) is 24.7 Å². The average molecular weight is 222 g/mol. The van der Waals surface area contributed by atoms with E-state index in [0.717, 1.165) is 25.9 Å². The normalized spacial score (nSPS) is 27.2. The van der Waals surface area contributed by atoms with Crippen molar-refractivity contribution in [3.8, 4) is 6.07 Å². The monoisotopic (exact) mass is 222 g/mol. The summed E-state index contributed by atoms with van der Waals surface area (Å²) in [7, 11) is 0. The quantitative estimate of drug-likeness (QED) is 0.736. The molecule has 0 radical (unpaired) electrons. The summed E-state index contributed by atoms with van der Waals surface area (Å²) in [5.74, 6) is 0.864. The lowest BCUT2D eigenvalue weighted by atomic mass is 9.88. The molecular formula is C13H22N2O. The van der Waals surface area contributed by atoms with E-state index in [2.05, 4.69) is 19.9 Å². The van der Waals surface area contributed by atoms with E-state index in [-0.39, 0.29) is 5.91 Å². The molecule has 0 saturated carbocycles. The molecule has 1 rings (SSSR count). The SMILES string of the molecule is CCCC(C#N)C(=O)N1CCC(C)C(C)C1. The Morgan fingerprint density at radius 3 is 2.69 bits per heavy atom. The number of piperidine rings is 1. The molecule has 0 aromatic carbocycles. The Hall–Kier alpha value is -1.04. The third-order valence-electron chi connectivity index (χ3n) is 3.68. The molecule has 1 saturated heterocycles. The highest BCUT2D eigenvalue weighted by Gasteiger charge is 2.29. The zero-order valence-corrected chi connectivity index (χ0v) is 10.6. The van der Waals surface area contributed by atoms with Crippen LogP contribution in [0.2, 0.25) is 0 Å². The number of rotatable bonds is 3. The lowest BCUT2D eigenvalue weighted by molar-refractivity contribution is -0.136. The Morgan fingerprint density at radius 1 is 1.50 bits per heavy atom. The van der Waals surface area contributed by atoms with E-state index < -0.39 is 5.92 Å². The fraction of sp³-hybridized carbons (Fsp3) is 0.846. The van der Waals surface area contributed by atoms with E-state index in [4.69, 9.17) is 5.26 Å². The van der Waals surface area contributed by atoms with E-state index in [1.54, 1.807) is 0 Å². The Labute approximate surface area is 98.4 Å². The first-order valence-corrected chi connectivity index (χ1v) is 6.28. The second kappa shape index (κ2) is 5.89. The topological polar surface area (TPSA) is 44.1 Å². The van der Waals surface area contributed by atoms with Crippen LogP contribution in [0.1, 0.15) is 40.0 Å². The number of carbonyl (C=O) groups excluding carboxylic acids is 1. The smallest absolute Gasteiger partial charge is 0.239 e. The summed E-state index contributed by atoms with van der Waals surface area (Å²) in [5, 5.41) is 8.98. The van der Waals surface area contributed by atoms with Crippen LogP contribution in [0.25, 0.3) is 0 Å². The van der Waals surface area contributed by atoms with Crippen molar-refractivity contribution in [1.82, 2.24) is 4.90 Å². The largest absolute Gasteiger partial charge is 0.341 e. The number of likely N-dealkylation sites (tertiary alicyclic amines) is 1. The molecule has 1 aliphatic rings. The summed E-state index contributed by atoms with van der Waals surface area (Å²) in [6.45, 7) is 8.08. The van der Waals surface area contributed by atoms with Crippen LogP contribution >= 0.6 is 0 Å². The number of hydrogen-bond acceptors (Lipinski definition) is 2. The molecular weight excluding hydrogens is 200 g/mol. The lowest BCUT2D eigenvalue weighted by Crippen LogP contribution is -2.44. The molecule has 1 amide bonds. The second-order valence-electron chi connectivity index (χ2n) is 5.00. The Morgan fingerprint density at radius 2 is 2.19 bits per heavy atom. The first-order chi connectivity index (χ1) is 7.60. The Bertz CT molecular complexity index is 282. The molecule has 0 aromatic rings. The third kappa shape index (κ3) is 2.98. The van der Waals surface area contributed by atoms with E-state index in [0.29, 0.717) is 18.3 Å². The van der Waals surface area contributed by atoms with Gasteiger partial charge in [-0.15, -0.1) is 0 Å². The van der Waals surface area contributed by atoms with Crippen LogP contribution < -0.4 is 0 Å². The van der Waals surface area contributed by atoms with Crippen molar-refractivity contribution in [2.45, 2.75) is 40.0 Å². The predicted molar refractivity (Wildman–Crippen MR) is 63.5 cm³/mol. The van der Waals surface area contributed by atoms with Crippen LogP contribution in [0.5, 0.6) is 0 Å². The maximum absolute atomic E-state index is 12.1. The van der Waals surface area contributed by atoms with Gasteiger partial charge in [-0.2, -0.15) is 5.26 Å². The second-order valence-corrected chi connectivity index (χ2v) is 5.00. The van der Waals surface area contributed by atoms with Crippen molar-refractivity contribution in [1.29, 1.82) is 5.26 Å². The molecule has 0 aromatic heterocycles. The fourth-order valence-corrected chi connectivity index (χ4v) is 2.22. The van der Waals surface area contributed by atoms with Gasteiger partial charge in [-0.1, -0.05) is 27.2 Å². The summed E-state index contributed by atoms with van der Waals surface area (Å²) in [5.41, 5.74) is 0. The van der Waals surface area contributed by atoms with Crippen LogP contribution in [0, 0.1) is 29.1 Å². The van der Waals surface area contributed by atoms with Crippen molar-refractivity contribution in [2.24, 2.45) is 17.8 Å². The number of amides is 1. The van der Waals surface area contributed by atoms with Crippen molar-refractivity contribution in [2.75, 3.05) is 13.1 Å². The standard InChI is InChI=1S/C13H22N2O/c1-4-5-12(8-14)13(16)15-7-6-10(2)11(3)9-15/h10-12H,4-7,9H2,1-3H3. The maximum atomic E-state index is 12.1. The minimum absolute atomic E-state index is 0.0445. The van der Waals surface area contributed by atoms with E-state index in [9.17, 15) is 4.79 Å². The van der Waals surface area contributed by atoms with Crippen LogP contribution in [0.15, 0.2) is 0 Å². The van der Waals surface area contributed by atoms with Gasteiger partial charge in [0.1, 0.15) is 5.92 Å². The van der Waals surface area contributed by atoms with Gasteiger partial charge in [0.15, 0.2) is 0 Å². The molecule has 16 heavy (non-hydrogen) atoms. The fourth-order valence-electron chi connectivity index (χ4n) is 2.22. The van der Waals surface area contributed by atoms with Crippen molar-refractivity contribution >= 4 is 5.91 Å². The van der Waals surface area contributed by atoms with E-state index in [1.807, 2.05) is 11.8 Å². The van der Waals surface area contributed by atoms with Crippen LogP contribution in [-0.2, 0) is 4.79 Å². The third-order valence-corrected chi connectivity index (χ3v) is 3.68. The summed E-state index contributed by atoms with van der Waals surface area (Å²) < 4.78 is 0. The summed E-state index contributed by atoms with van der Waals surface area (Å²) in [4.78, 5) is 14.0. The Kier molecular flexibility index (Phi) is 4.79. The Balaban J connectivity index is 2.57. The molecule has 3 nitrogen and oxygen atoms in total. The van der Waals surface area contributed by atoms with Gasteiger partial charge in [-0.3, -0.25) is 4.79 Å². The summed E-state index contributed by atoms with van der Waals surface area (Å²) >= 11 is 0. The summed E-state index contributed by atoms with van der Waals surface area (Å²) in [6.07, 6.45) is 2.65. The molecule has 3 heteroatoms. The molecule has 3 atom stereocenters.